The normalized spacial score (nSPS) is 11.4. The maximum absolute atomic E-state index is 5.70. The van der Waals surface area contributed by atoms with Gasteiger partial charge in [-0.3, -0.25) is 4.90 Å². The van der Waals surface area contributed by atoms with Crippen LogP contribution in [-0.2, 0) is 6.54 Å². The minimum absolute atomic E-state index is 0.601. The first kappa shape index (κ1) is 14.0. The Bertz CT molecular complexity index is 303. The highest BCUT2D eigenvalue weighted by Crippen LogP contribution is 2.12. The molecule has 0 aliphatic heterocycles. The van der Waals surface area contributed by atoms with Crippen LogP contribution >= 0.6 is 0 Å². The molecule has 0 fully saturated rings. The van der Waals surface area contributed by atoms with Gasteiger partial charge in [0, 0.05) is 18.3 Å². The van der Waals surface area contributed by atoms with Crippen LogP contribution in [0.5, 0.6) is 0 Å². The number of unbranched alkanes of at least 4 members (excludes halogenated alkanes) is 2. The summed E-state index contributed by atoms with van der Waals surface area (Å²) in [6.07, 6.45) is 3.91. The number of hydrogen-bond donors (Lipinski definition) is 1. The summed E-state index contributed by atoms with van der Waals surface area (Å²) in [5, 5.41) is 0. The molecule has 96 valence electrons. The Kier molecular flexibility index (Phi) is 6.06. The molecule has 0 unspecified atom stereocenters. The summed E-state index contributed by atoms with van der Waals surface area (Å²) in [5.74, 6) is 0. The topological polar surface area (TPSA) is 29.3 Å². The largest absolute Gasteiger partial charge is 0.399 e. The van der Waals surface area contributed by atoms with Crippen LogP contribution in [0.25, 0.3) is 0 Å². The van der Waals surface area contributed by atoms with Crippen molar-refractivity contribution < 1.29 is 0 Å². The summed E-state index contributed by atoms with van der Waals surface area (Å²) in [4.78, 5) is 2.53. The van der Waals surface area contributed by atoms with E-state index in [-0.39, 0.29) is 0 Å². The number of rotatable bonds is 7. The van der Waals surface area contributed by atoms with E-state index in [1.807, 2.05) is 12.1 Å². The van der Waals surface area contributed by atoms with E-state index in [2.05, 4.69) is 37.8 Å². The zero-order chi connectivity index (χ0) is 12.7. The van der Waals surface area contributed by atoms with E-state index in [1.54, 1.807) is 0 Å². The predicted octanol–water partition coefficient (Wildman–Crippen LogP) is 3.67. The third-order valence-electron chi connectivity index (χ3n) is 3.14. The second-order valence-corrected chi connectivity index (χ2v) is 5.01. The van der Waals surface area contributed by atoms with Gasteiger partial charge in [-0.15, -0.1) is 0 Å². The molecule has 0 saturated heterocycles. The van der Waals surface area contributed by atoms with Crippen molar-refractivity contribution in [3.8, 4) is 0 Å². The molecule has 0 bridgehead atoms. The summed E-state index contributed by atoms with van der Waals surface area (Å²) < 4.78 is 0. The van der Waals surface area contributed by atoms with Crippen molar-refractivity contribution >= 4 is 5.69 Å². The van der Waals surface area contributed by atoms with Crippen molar-refractivity contribution in [2.24, 2.45) is 0 Å². The van der Waals surface area contributed by atoms with Gasteiger partial charge in [0.05, 0.1) is 0 Å². The molecule has 0 heterocycles. The Labute approximate surface area is 106 Å². The van der Waals surface area contributed by atoms with Crippen molar-refractivity contribution in [3.63, 3.8) is 0 Å². The Morgan fingerprint density at radius 2 is 1.76 bits per heavy atom. The lowest BCUT2D eigenvalue weighted by atomic mass is 10.1. The Balaban J connectivity index is 2.51. The van der Waals surface area contributed by atoms with E-state index in [1.165, 1.54) is 31.4 Å². The second-order valence-electron chi connectivity index (χ2n) is 5.01. The van der Waals surface area contributed by atoms with Crippen LogP contribution in [-0.4, -0.2) is 17.5 Å². The summed E-state index contributed by atoms with van der Waals surface area (Å²) >= 11 is 0. The number of benzene rings is 1. The molecular formula is C15H26N2. The maximum atomic E-state index is 5.70. The lowest BCUT2D eigenvalue weighted by Gasteiger charge is -2.26. The van der Waals surface area contributed by atoms with Crippen LogP contribution in [0.2, 0.25) is 0 Å². The van der Waals surface area contributed by atoms with E-state index >= 15 is 0 Å². The maximum Gasteiger partial charge on any atom is 0.0314 e. The quantitative estimate of drug-likeness (QED) is 0.576. The molecule has 2 heteroatoms. The molecule has 0 radical (unpaired) electrons. The van der Waals surface area contributed by atoms with Gasteiger partial charge in [-0.1, -0.05) is 31.9 Å². The zero-order valence-electron chi connectivity index (χ0n) is 11.4. The number of anilines is 1. The Morgan fingerprint density at radius 1 is 1.12 bits per heavy atom. The average Bonchev–Trinajstić information content (AvgIpc) is 2.30. The lowest BCUT2D eigenvalue weighted by molar-refractivity contribution is 0.208. The number of nitrogens with two attached hydrogens (primary N) is 1. The number of nitrogen functional groups attached to an aromatic ring is 1. The molecule has 0 atom stereocenters. The van der Waals surface area contributed by atoms with E-state index in [4.69, 9.17) is 5.73 Å². The average molecular weight is 234 g/mol. The smallest absolute Gasteiger partial charge is 0.0314 e. The highest BCUT2D eigenvalue weighted by molar-refractivity contribution is 5.39. The first-order chi connectivity index (χ1) is 8.13. The predicted molar refractivity (Wildman–Crippen MR) is 75.9 cm³/mol. The molecule has 1 rings (SSSR count). The molecule has 0 aliphatic carbocycles. The molecular weight excluding hydrogens is 208 g/mol. The molecule has 17 heavy (non-hydrogen) atoms. The van der Waals surface area contributed by atoms with Crippen molar-refractivity contribution in [1.29, 1.82) is 0 Å². The van der Waals surface area contributed by atoms with E-state index in [0.717, 1.165) is 12.2 Å². The SMILES string of the molecule is CCCCCN(Cc1ccc(N)cc1)C(C)C. The first-order valence-electron chi connectivity index (χ1n) is 6.72. The summed E-state index contributed by atoms with van der Waals surface area (Å²) in [6, 6.07) is 8.83. The van der Waals surface area contributed by atoms with E-state index < -0.39 is 0 Å². The van der Waals surface area contributed by atoms with Gasteiger partial charge in [0.15, 0.2) is 0 Å². The van der Waals surface area contributed by atoms with Gasteiger partial charge in [-0.2, -0.15) is 0 Å². The minimum atomic E-state index is 0.601. The number of hydrogen-bond acceptors (Lipinski definition) is 2. The Hall–Kier alpha value is -1.02. The fraction of sp³-hybridized carbons (Fsp3) is 0.600. The van der Waals surface area contributed by atoms with Crippen LogP contribution in [0, 0.1) is 0 Å². The highest BCUT2D eigenvalue weighted by atomic mass is 15.1. The molecule has 0 amide bonds. The monoisotopic (exact) mass is 234 g/mol. The molecule has 1 aromatic carbocycles. The third-order valence-corrected chi connectivity index (χ3v) is 3.14. The van der Waals surface area contributed by atoms with Crippen LogP contribution < -0.4 is 5.73 Å². The van der Waals surface area contributed by atoms with Gasteiger partial charge in [0.25, 0.3) is 0 Å². The summed E-state index contributed by atoms with van der Waals surface area (Å²) in [5.41, 5.74) is 7.90. The fourth-order valence-corrected chi connectivity index (χ4v) is 1.94. The second kappa shape index (κ2) is 7.33. The summed E-state index contributed by atoms with van der Waals surface area (Å²) in [6.45, 7) is 9.00. The van der Waals surface area contributed by atoms with Crippen LogP contribution in [0.3, 0.4) is 0 Å². The molecule has 2 N–H and O–H groups in total. The number of nitrogens with zero attached hydrogens (tertiary/aromatic N) is 1. The first-order valence-corrected chi connectivity index (χ1v) is 6.72. The zero-order valence-corrected chi connectivity index (χ0v) is 11.4. The standard InChI is InChI=1S/C15H26N2/c1-4-5-6-11-17(13(2)3)12-14-7-9-15(16)10-8-14/h7-10,13H,4-6,11-12,16H2,1-3H3. The van der Waals surface area contributed by atoms with Crippen LogP contribution in [0.1, 0.15) is 45.6 Å². The molecule has 1 aromatic rings. The molecule has 2 nitrogen and oxygen atoms in total. The summed E-state index contributed by atoms with van der Waals surface area (Å²) in [7, 11) is 0. The van der Waals surface area contributed by atoms with Crippen molar-refractivity contribution in [2.45, 2.75) is 52.6 Å². The van der Waals surface area contributed by atoms with E-state index in [9.17, 15) is 0 Å². The molecule has 0 aromatic heterocycles. The van der Waals surface area contributed by atoms with Gasteiger partial charge >= 0.3 is 0 Å². The van der Waals surface area contributed by atoms with E-state index in [0.29, 0.717) is 6.04 Å². The van der Waals surface area contributed by atoms with Gasteiger partial charge in [-0.25, -0.2) is 0 Å². The van der Waals surface area contributed by atoms with Gasteiger partial charge < -0.3 is 5.73 Å². The van der Waals surface area contributed by atoms with Crippen LogP contribution in [0.15, 0.2) is 24.3 Å². The molecule has 0 aliphatic rings. The highest BCUT2D eigenvalue weighted by Gasteiger charge is 2.09. The van der Waals surface area contributed by atoms with Gasteiger partial charge in [0.2, 0.25) is 0 Å². The fourth-order valence-electron chi connectivity index (χ4n) is 1.94. The van der Waals surface area contributed by atoms with Crippen molar-refractivity contribution in [2.75, 3.05) is 12.3 Å². The lowest BCUT2D eigenvalue weighted by Crippen LogP contribution is -2.31. The Morgan fingerprint density at radius 3 is 2.29 bits per heavy atom. The van der Waals surface area contributed by atoms with Crippen molar-refractivity contribution in [3.05, 3.63) is 29.8 Å². The minimum Gasteiger partial charge on any atom is -0.399 e. The molecule has 0 spiro atoms. The third kappa shape index (κ3) is 5.22. The van der Waals surface area contributed by atoms with Crippen LogP contribution in [0.4, 0.5) is 5.69 Å². The van der Waals surface area contributed by atoms with Crippen molar-refractivity contribution in [1.82, 2.24) is 4.90 Å². The van der Waals surface area contributed by atoms with Gasteiger partial charge in [-0.05, 0) is 44.5 Å². The molecule has 0 saturated carbocycles. The van der Waals surface area contributed by atoms with Gasteiger partial charge in [0.1, 0.15) is 0 Å².